The SMILES string of the molecule is Cc1c(Cl)ccc2c1NC(=O)[C@@]21[C@@H]2C(=O)N(c3ccc(Cl)c(C(F)(F)F)c3)C(=O)[C@H]2[C@@H]2CCCN21. The van der Waals surface area contributed by atoms with Crippen LogP contribution in [0.5, 0.6) is 0 Å². The minimum absolute atomic E-state index is 0.211. The van der Waals surface area contributed by atoms with Gasteiger partial charge in [-0.2, -0.15) is 13.2 Å². The maximum absolute atomic E-state index is 13.9. The van der Waals surface area contributed by atoms with E-state index in [4.69, 9.17) is 23.2 Å². The second-order valence-electron chi connectivity index (χ2n) is 9.40. The number of fused-ring (bicyclic) bond motifs is 7. The number of hydrogen-bond acceptors (Lipinski definition) is 4. The summed E-state index contributed by atoms with van der Waals surface area (Å²) in [6.45, 7) is 2.28. The van der Waals surface area contributed by atoms with Crippen LogP contribution >= 0.6 is 23.2 Å². The first-order valence-corrected chi connectivity index (χ1v) is 11.9. The predicted molar refractivity (Wildman–Crippen MR) is 122 cm³/mol. The van der Waals surface area contributed by atoms with Crippen LogP contribution in [0, 0.1) is 18.8 Å². The highest BCUT2D eigenvalue weighted by Crippen LogP contribution is 2.61. The lowest BCUT2D eigenvalue weighted by Gasteiger charge is -2.36. The van der Waals surface area contributed by atoms with Crippen LogP contribution in [0.15, 0.2) is 30.3 Å². The van der Waals surface area contributed by atoms with Gasteiger partial charge in [0.2, 0.25) is 17.7 Å². The molecule has 3 fully saturated rings. The topological polar surface area (TPSA) is 69.7 Å². The zero-order chi connectivity index (χ0) is 25.0. The minimum Gasteiger partial charge on any atom is -0.324 e. The lowest BCUT2D eigenvalue weighted by molar-refractivity contribution is -0.137. The Kier molecular flexibility index (Phi) is 4.70. The van der Waals surface area contributed by atoms with Gasteiger partial charge in [0.15, 0.2) is 0 Å². The maximum atomic E-state index is 13.9. The van der Waals surface area contributed by atoms with Crippen LogP contribution in [0.4, 0.5) is 24.5 Å². The molecule has 0 radical (unpaired) electrons. The standard InChI is InChI=1S/C24H18Cl2F3N3O3/c1-10-14(25)7-5-12-19(10)30-22(35)23(12)18-17(16-3-2-8-31(16)23)20(33)32(21(18)34)11-4-6-15(26)13(9-11)24(27,28)29/h4-7,9,16-18H,2-3,8H2,1H3,(H,30,35)/t16-,17-,18-,23-/m0/s1. The number of carbonyl (C=O) groups is 3. The summed E-state index contributed by atoms with van der Waals surface area (Å²) in [4.78, 5) is 44.0. The molecule has 35 heavy (non-hydrogen) atoms. The molecule has 0 aliphatic carbocycles. The van der Waals surface area contributed by atoms with E-state index in [0.29, 0.717) is 40.9 Å². The molecule has 2 aromatic rings. The molecule has 6 rings (SSSR count). The van der Waals surface area contributed by atoms with Gasteiger partial charge in [-0.25, -0.2) is 4.90 Å². The summed E-state index contributed by atoms with van der Waals surface area (Å²) in [5.74, 6) is -3.65. The van der Waals surface area contributed by atoms with E-state index in [9.17, 15) is 27.6 Å². The molecule has 1 spiro atoms. The number of amides is 3. The monoisotopic (exact) mass is 523 g/mol. The molecule has 0 bridgehead atoms. The highest BCUT2D eigenvalue weighted by Gasteiger charge is 2.74. The van der Waals surface area contributed by atoms with E-state index in [0.717, 1.165) is 17.4 Å². The van der Waals surface area contributed by atoms with E-state index < -0.39 is 51.9 Å². The van der Waals surface area contributed by atoms with Crippen molar-refractivity contribution in [2.45, 2.75) is 37.5 Å². The lowest BCUT2D eigenvalue weighted by atomic mass is 9.75. The Morgan fingerprint density at radius 3 is 2.49 bits per heavy atom. The fourth-order valence-corrected chi connectivity index (χ4v) is 6.90. The van der Waals surface area contributed by atoms with Crippen molar-refractivity contribution in [1.29, 1.82) is 0 Å². The van der Waals surface area contributed by atoms with Crippen molar-refractivity contribution >= 4 is 52.3 Å². The molecule has 3 saturated heterocycles. The zero-order valence-electron chi connectivity index (χ0n) is 18.2. The number of alkyl halides is 3. The summed E-state index contributed by atoms with van der Waals surface area (Å²) in [6, 6.07) is 5.93. The smallest absolute Gasteiger partial charge is 0.324 e. The molecule has 2 aromatic carbocycles. The summed E-state index contributed by atoms with van der Waals surface area (Å²) in [5.41, 5.74) is -1.05. The van der Waals surface area contributed by atoms with E-state index in [1.807, 2.05) is 4.90 Å². The van der Waals surface area contributed by atoms with Gasteiger partial charge in [0.1, 0.15) is 5.54 Å². The van der Waals surface area contributed by atoms with Crippen LogP contribution in [0.3, 0.4) is 0 Å². The summed E-state index contributed by atoms with van der Waals surface area (Å²) < 4.78 is 40.5. The number of nitrogens with zero attached hydrogens (tertiary/aromatic N) is 2. The molecule has 0 saturated carbocycles. The van der Waals surface area contributed by atoms with Crippen LogP contribution in [0.25, 0.3) is 0 Å². The number of benzene rings is 2. The Hall–Kier alpha value is -2.62. The summed E-state index contributed by atoms with van der Waals surface area (Å²) in [6.07, 6.45) is -3.44. The van der Waals surface area contributed by atoms with Crippen molar-refractivity contribution in [2.75, 3.05) is 16.8 Å². The Bertz CT molecular complexity index is 1350. The summed E-state index contributed by atoms with van der Waals surface area (Å²) >= 11 is 12.0. The fourth-order valence-electron chi connectivity index (χ4n) is 6.51. The van der Waals surface area contributed by atoms with Gasteiger partial charge in [-0.05, 0) is 56.1 Å². The van der Waals surface area contributed by atoms with Crippen LogP contribution in [0.2, 0.25) is 10.0 Å². The van der Waals surface area contributed by atoms with Crippen molar-refractivity contribution in [1.82, 2.24) is 4.90 Å². The van der Waals surface area contributed by atoms with Crippen LogP contribution in [-0.4, -0.2) is 35.2 Å². The maximum Gasteiger partial charge on any atom is 0.417 e. The highest BCUT2D eigenvalue weighted by molar-refractivity contribution is 6.33. The van der Waals surface area contributed by atoms with Crippen molar-refractivity contribution < 1.29 is 27.6 Å². The van der Waals surface area contributed by atoms with E-state index in [-0.39, 0.29) is 11.7 Å². The van der Waals surface area contributed by atoms with E-state index >= 15 is 0 Å². The first kappa shape index (κ1) is 22.8. The number of halogens is 5. The van der Waals surface area contributed by atoms with E-state index in [2.05, 4.69) is 5.32 Å². The fraction of sp³-hybridized carbons (Fsp3) is 0.375. The number of nitrogens with one attached hydrogen (secondary N) is 1. The van der Waals surface area contributed by atoms with Crippen molar-refractivity contribution in [3.8, 4) is 0 Å². The van der Waals surface area contributed by atoms with E-state index in [1.165, 1.54) is 6.07 Å². The molecule has 3 amide bonds. The van der Waals surface area contributed by atoms with Gasteiger partial charge in [0.25, 0.3) is 0 Å². The quantitative estimate of drug-likeness (QED) is 0.547. The van der Waals surface area contributed by atoms with Gasteiger partial charge < -0.3 is 5.32 Å². The molecule has 4 heterocycles. The molecule has 4 atom stereocenters. The molecule has 4 aliphatic heterocycles. The molecule has 4 aliphatic rings. The molecular weight excluding hydrogens is 506 g/mol. The second kappa shape index (κ2) is 7.21. The van der Waals surface area contributed by atoms with Crippen molar-refractivity contribution in [3.05, 3.63) is 57.1 Å². The third kappa shape index (κ3) is 2.74. The molecule has 0 unspecified atom stereocenters. The van der Waals surface area contributed by atoms with Gasteiger partial charge in [-0.1, -0.05) is 29.3 Å². The second-order valence-corrected chi connectivity index (χ2v) is 10.2. The van der Waals surface area contributed by atoms with Gasteiger partial charge in [0.05, 0.1) is 33.8 Å². The highest BCUT2D eigenvalue weighted by atomic mass is 35.5. The Labute approximate surface area is 208 Å². The molecular formula is C24H18Cl2F3N3O3. The Morgan fingerprint density at radius 2 is 1.77 bits per heavy atom. The molecule has 182 valence electrons. The van der Waals surface area contributed by atoms with Crippen LogP contribution < -0.4 is 10.2 Å². The Balaban J connectivity index is 1.53. The lowest BCUT2D eigenvalue weighted by Crippen LogP contribution is -2.54. The number of rotatable bonds is 1. The number of imide groups is 1. The third-order valence-electron chi connectivity index (χ3n) is 7.88. The summed E-state index contributed by atoms with van der Waals surface area (Å²) in [7, 11) is 0. The Morgan fingerprint density at radius 1 is 1.06 bits per heavy atom. The average molecular weight is 524 g/mol. The normalized spacial score (nSPS) is 29.7. The van der Waals surface area contributed by atoms with Gasteiger partial charge in [-0.15, -0.1) is 0 Å². The number of carbonyl (C=O) groups excluding carboxylic acids is 3. The molecule has 6 nitrogen and oxygen atoms in total. The average Bonchev–Trinajstić information content (AvgIpc) is 3.49. The summed E-state index contributed by atoms with van der Waals surface area (Å²) in [5, 5.41) is 2.79. The van der Waals surface area contributed by atoms with Crippen LogP contribution in [-0.2, 0) is 26.1 Å². The molecule has 11 heteroatoms. The third-order valence-corrected chi connectivity index (χ3v) is 8.61. The number of hydrogen-bond donors (Lipinski definition) is 1. The predicted octanol–water partition coefficient (Wildman–Crippen LogP) is 4.75. The van der Waals surface area contributed by atoms with Gasteiger partial charge >= 0.3 is 6.18 Å². The largest absolute Gasteiger partial charge is 0.417 e. The van der Waals surface area contributed by atoms with E-state index in [1.54, 1.807) is 19.1 Å². The first-order valence-electron chi connectivity index (χ1n) is 11.1. The number of anilines is 2. The molecule has 0 aromatic heterocycles. The zero-order valence-corrected chi connectivity index (χ0v) is 19.8. The van der Waals surface area contributed by atoms with Gasteiger partial charge in [0, 0.05) is 16.6 Å². The van der Waals surface area contributed by atoms with Crippen molar-refractivity contribution in [3.63, 3.8) is 0 Å². The molecule has 1 N–H and O–H groups in total. The van der Waals surface area contributed by atoms with Crippen LogP contribution in [0.1, 0.15) is 29.5 Å². The van der Waals surface area contributed by atoms with Gasteiger partial charge in [-0.3, -0.25) is 19.3 Å². The minimum atomic E-state index is -4.76. The van der Waals surface area contributed by atoms with Crippen molar-refractivity contribution in [2.24, 2.45) is 11.8 Å². The first-order chi connectivity index (χ1) is 16.5.